The summed E-state index contributed by atoms with van der Waals surface area (Å²) in [6.45, 7) is 3.19. The Labute approximate surface area is 181 Å². The highest BCUT2D eigenvalue weighted by Gasteiger charge is 2.10. The van der Waals surface area contributed by atoms with Crippen LogP contribution in [0, 0.1) is 6.92 Å². The molecular weight excluding hydrogens is 392 g/mol. The standard InChI is InChI=1S/C25H24N2O4/c1-17-8-12-21(26-24(29)15-9-19-6-4-3-5-7-19)16-23(17)27-25(30)20-10-13-22(14-11-20)31-18(2)28/h3-8,10-14,16H,9,15H2,1-2H3,(H,26,29)(H,27,30). The topological polar surface area (TPSA) is 84.5 Å². The van der Waals surface area contributed by atoms with Gasteiger partial charge in [0, 0.05) is 30.3 Å². The number of carbonyl (C=O) groups is 3. The number of amides is 2. The van der Waals surface area contributed by atoms with Gasteiger partial charge in [-0.25, -0.2) is 0 Å². The summed E-state index contributed by atoms with van der Waals surface area (Å²) in [4.78, 5) is 35.9. The summed E-state index contributed by atoms with van der Waals surface area (Å²) in [5, 5.41) is 5.74. The fourth-order valence-electron chi connectivity index (χ4n) is 3.00. The van der Waals surface area contributed by atoms with Crippen molar-refractivity contribution in [2.45, 2.75) is 26.7 Å². The van der Waals surface area contributed by atoms with Gasteiger partial charge in [-0.15, -0.1) is 0 Å². The van der Waals surface area contributed by atoms with E-state index in [-0.39, 0.29) is 11.8 Å². The minimum absolute atomic E-state index is 0.0916. The molecule has 0 aliphatic carbocycles. The van der Waals surface area contributed by atoms with E-state index in [1.165, 1.54) is 6.92 Å². The Hall–Kier alpha value is -3.93. The molecular formula is C25H24N2O4. The molecule has 0 saturated carbocycles. The van der Waals surface area contributed by atoms with Crippen molar-refractivity contribution < 1.29 is 19.1 Å². The molecule has 0 atom stereocenters. The maximum atomic E-state index is 12.6. The summed E-state index contributed by atoms with van der Waals surface area (Å²) in [5.74, 6) is -0.438. The second kappa shape index (κ2) is 10.2. The van der Waals surface area contributed by atoms with Crippen LogP contribution in [0.2, 0.25) is 0 Å². The Balaban J connectivity index is 1.61. The van der Waals surface area contributed by atoms with Gasteiger partial charge >= 0.3 is 5.97 Å². The molecule has 0 spiro atoms. The van der Waals surface area contributed by atoms with Crippen molar-refractivity contribution in [3.05, 3.63) is 89.5 Å². The maximum absolute atomic E-state index is 12.6. The van der Waals surface area contributed by atoms with Crippen molar-refractivity contribution in [2.24, 2.45) is 0 Å². The van der Waals surface area contributed by atoms with Gasteiger partial charge in [-0.3, -0.25) is 14.4 Å². The summed E-state index contributed by atoms with van der Waals surface area (Å²) in [5.41, 5.74) is 3.62. The van der Waals surface area contributed by atoms with E-state index in [0.29, 0.717) is 35.5 Å². The molecule has 31 heavy (non-hydrogen) atoms. The van der Waals surface area contributed by atoms with E-state index in [1.807, 2.05) is 43.3 Å². The Morgan fingerprint density at radius 1 is 0.871 bits per heavy atom. The maximum Gasteiger partial charge on any atom is 0.308 e. The lowest BCUT2D eigenvalue weighted by molar-refractivity contribution is -0.131. The van der Waals surface area contributed by atoms with Crippen LogP contribution in [0.3, 0.4) is 0 Å². The summed E-state index contributed by atoms with van der Waals surface area (Å²) < 4.78 is 4.98. The van der Waals surface area contributed by atoms with E-state index in [2.05, 4.69) is 10.6 Å². The van der Waals surface area contributed by atoms with Gasteiger partial charge in [-0.2, -0.15) is 0 Å². The fraction of sp³-hybridized carbons (Fsp3) is 0.160. The summed E-state index contributed by atoms with van der Waals surface area (Å²) in [7, 11) is 0. The third kappa shape index (κ3) is 6.54. The van der Waals surface area contributed by atoms with E-state index in [0.717, 1.165) is 11.1 Å². The highest BCUT2D eigenvalue weighted by Crippen LogP contribution is 2.22. The van der Waals surface area contributed by atoms with Crippen molar-refractivity contribution in [1.29, 1.82) is 0 Å². The first kappa shape index (κ1) is 21.8. The second-order valence-corrected chi connectivity index (χ2v) is 7.14. The van der Waals surface area contributed by atoms with Crippen molar-refractivity contribution in [3.63, 3.8) is 0 Å². The molecule has 0 bridgehead atoms. The van der Waals surface area contributed by atoms with Gasteiger partial charge < -0.3 is 15.4 Å². The lowest BCUT2D eigenvalue weighted by Gasteiger charge is -2.12. The molecule has 0 fully saturated rings. The van der Waals surface area contributed by atoms with Gasteiger partial charge in [0.2, 0.25) is 5.91 Å². The van der Waals surface area contributed by atoms with Crippen molar-refractivity contribution in [1.82, 2.24) is 0 Å². The highest BCUT2D eigenvalue weighted by molar-refractivity contribution is 6.05. The minimum Gasteiger partial charge on any atom is -0.427 e. The van der Waals surface area contributed by atoms with E-state index < -0.39 is 5.97 Å². The van der Waals surface area contributed by atoms with E-state index in [9.17, 15) is 14.4 Å². The number of hydrogen-bond acceptors (Lipinski definition) is 4. The van der Waals surface area contributed by atoms with Gasteiger partial charge in [-0.1, -0.05) is 36.4 Å². The minimum atomic E-state index is -0.421. The number of esters is 1. The molecule has 3 aromatic carbocycles. The summed E-state index contributed by atoms with van der Waals surface area (Å²) in [6.07, 6.45) is 1.03. The van der Waals surface area contributed by atoms with Gasteiger partial charge in [0.05, 0.1) is 0 Å². The predicted octanol–water partition coefficient (Wildman–Crippen LogP) is 4.74. The van der Waals surface area contributed by atoms with Crippen LogP contribution in [0.1, 0.15) is 34.8 Å². The van der Waals surface area contributed by atoms with Crippen LogP contribution in [0.25, 0.3) is 0 Å². The van der Waals surface area contributed by atoms with Gasteiger partial charge in [-0.05, 0) is 60.9 Å². The first-order valence-electron chi connectivity index (χ1n) is 9.95. The molecule has 0 heterocycles. The van der Waals surface area contributed by atoms with Crippen LogP contribution >= 0.6 is 0 Å². The number of nitrogens with one attached hydrogen (secondary N) is 2. The number of anilines is 2. The number of rotatable bonds is 7. The van der Waals surface area contributed by atoms with Crippen molar-refractivity contribution >= 4 is 29.2 Å². The Kier molecular flexibility index (Phi) is 7.17. The van der Waals surface area contributed by atoms with E-state index in [1.54, 1.807) is 36.4 Å². The number of hydrogen-bond donors (Lipinski definition) is 2. The zero-order chi connectivity index (χ0) is 22.2. The Bertz CT molecular complexity index is 1080. The van der Waals surface area contributed by atoms with Crippen molar-refractivity contribution in [2.75, 3.05) is 10.6 Å². The highest BCUT2D eigenvalue weighted by atomic mass is 16.5. The SMILES string of the molecule is CC(=O)Oc1ccc(C(=O)Nc2cc(NC(=O)CCc3ccccc3)ccc2C)cc1. The van der Waals surface area contributed by atoms with Crippen LogP contribution in [-0.4, -0.2) is 17.8 Å². The molecule has 2 N–H and O–H groups in total. The van der Waals surface area contributed by atoms with Crippen molar-refractivity contribution in [3.8, 4) is 5.75 Å². The molecule has 2 amide bonds. The van der Waals surface area contributed by atoms with Crippen LogP contribution in [-0.2, 0) is 16.0 Å². The first-order valence-corrected chi connectivity index (χ1v) is 9.95. The smallest absolute Gasteiger partial charge is 0.308 e. The normalized spacial score (nSPS) is 10.3. The third-order valence-corrected chi connectivity index (χ3v) is 4.63. The lowest BCUT2D eigenvalue weighted by atomic mass is 10.1. The first-order chi connectivity index (χ1) is 14.9. The zero-order valence-corrected chi connectivity index (χ0v) is 17.5. The number of ether oxygens (including phenoxy) is 1. The average Bonchev–Trinajstić information content (AvgIpc) is 2.75. The number of benzene rings is 3. The molecule has 3 rings (SSSR count). The van der Waals surface area contributed by atoms with E-state index in [4.69, 9.17) is 4.74 Å². The summed E-state index contributed by atoms with van der Waals surface area (Å²) >= 11 is 0. The van der Waals surface area contributed by atoms with Crippen LogP contribution in [0.4, 0.5) is 11.4 Å². The third-order valence-electron chi connectivity index (χ3n) is 4.63. The molecule has 158 valence electrons. The quantitative estimate of drug-likeness (QED) is 0.430. The molecule has 0 saturated heterocycles. The number of aryl methyl sites for hydroxylation is 2. The Morgan fingerprint density at radius 3 is 2.26 bits per heavy atom. The monoisotopic (exact) mass is 416 g/mol. The second-order valence-electron chi connectivity index (χ2n) is 7.14. The molecule has 0 aromatic heterocycles. The molecule has 0 aliphatic rings. The molecule has 0 radical (unpaired) electrons. The van der Waals surface area contributed by atoms with E-state index >= 15 is 0 Å². The van der Waals surface area contributed by atoms with Crippen LogP contribution in [0.15, 0.2) is 72.8 Å². The lowest BCUT2D eigenvalue weighted by Crippen LogP contribution is -2.15. The van der Waals surface area contributed by atoms with Gasteiger partial charge in [0.15, 0.2) is 0 Å². The summed E-state index contributed by atoms with van der Waals surface area (Å²) in [6, 6.07) is 21.5. The van der Waals surface area contributed by atoms with Crippen LogP contribution in [0.5, 0.6) is 5.75 Å². The molecule has 0 aliphatic heterocycles. The molecule has 6 nitrogen and oxygen atoms in total. The Morgan fingerprint density at radius 2 is 1.58 bits per heavy atom. The molecule has 3 aromatic rings. The average molecular weight is 416 g/mol. The molecule has 6 heteroatoms. The molecule has 0 unspecified atom stereocenters. The largest absolute Gasteiger partial charge is 0.427 e. The predicted molar refractivity (Wildman–Crippen MR) is 120 cm³/mol. The van der Waals surface area contributed by atoms with Crippen LogP contribution < -0.4 is 15.4 Å². The fourth-order valence-corrected chi connectivity index (χ4v) is 3.00. The number of carbonyl (C=O) groups excluding carboxylic acids is 3. The van der Waals surface area contributed by atoms with Gasteiger partial charge in [0.25, 0.3) is 5.91 Å². The van der Waals surface area contributed by atoms with Gasteiger partial charge in [0.1, 0.15) is 5.75 Å². The zero-order valence-electron chi connectivity index (χ0n) is 17.5.